The summed E-state index contributed by atoms with van der Waals surface area (Å²) in [6.07, 6.45) is 9.51. The van der Waals surface area contributed by atoms with Crippen molar-refractivity contribution >= 4 is 5.71 Å². The molecule has 168 valence electrons. The molecule has 0 bridgehead atoms. The van der Waals surface area contributed by atoms with Crippen molar-refractivity contribution in [3.05, 3.63) is 82.8 Å². The smallest absolute Gasteiger partial charge is 0.276 e. The number of aryl methyl sites for hydroxylation is 2. The van der Waals surface area contributed by atoms with E-state index in [4.69, 9.17) is 9.93 Å². The van der Waals surface area contributed by atoms with Gasteiger partial charge in [-0.25, -0.2) is 0 Å². The maximum atomic E-state index is 7.93. The zero-order valence-electron chi connectivity index (χ0n) is 19.8. The third-order valence-corrected chi connectivity index (χ3v) is 5.86. The van der Waals surface area contributed by atoms with Crippen LogP contribution in [-0.4, -0.2) is 15.9 Å². The van der Waals surface area contributed by atoms with Gasteiger partial charge in [0.25, 0.3) is 5.89 Å². The average Bonchev–Trinajstić information content (AvgIpc) is 3.31. The number of aromatic nitrogens is 2. The van der Waals surface area contributed by atoms with Crippen molar-refractivity contribution in [3.63, 3.8) is 0 Å². The molecule has 4 rings (SSSR count). The average molecular weight is 430 g/mol. The molecule has 0 atom stereocenters. The van der Waals surface area contributed by atoms with E-state index in [2.05, 4.69) is 72.5 Å². The maximum absolute atomic E-state index is 7.93. The van der Waals surface area contributed by atoms with Crippen LogP contribution in [0.2, 0.25) is 0 Å². The molecule has 32 heavy (non-hydrogen) atoms. The zero-order chi connectivity index (χ0) is 22.9. The summed E-state index contributed by atoms with van der Waals surface area (Å²) < 4.78 is 5.20. The molecule has 1 N–H and O–H groups in total. The van der Waals surface area contributed by atoms with Gasteiger partial charge in [0.1, 0.15) is 5.71 Å². The van der Waals surface area contributed by atoms with Crippen LogP contribution in [0.1, 0.15) is 81.4 Å². The molecule has 1 fully saturated rings. The Morgan fingerprint density at radius 3 is 2.25 bits per heavy atom. The highest BCUT2D eigenvalue weighted by molar-refractivity contribution is 6.03. The van der Waals surface area contributed by atoms with Crippen molar-refractivity contribution in [1.82, 2.24) is 10.1 Å². The molecule has 4 nitrogen and oxygen atoms in total. The van der Waals surface area contributed by atoms with Crippen LogP contribution in [0.25, 0.3) is 11.4 Å². The van der Waals surface area contributed by atoms with Gasteiger partial charge in [-0.05, 0) is 63.2 Å². The topological polar surface area (TPSA) is 62.8 Å². The quantitative estimate of drug-likeness (QED) is 0.423. The highest BCUT2D eigenvalue weighted by atomic mass is 16.5. The van der Waals surface area contributed by atoms with Gasteiger partial charge in [0, 0.05) is 5.56 Å². The molecule has 1 aliphatic carbocycles. The SMILES string of the molecule is CC(C)=CC(=N)c1nc(-c2ccc(C3CCCCC3)cc2)no1.CCc1ccc(C)cc1. The number of hydrogen-bond donors (Lipinski definition) is 1. The van der Waals surface area contributed by atoms with E-state index >= 15 is 0 Å². The second-order valence-electron chi connectivity index (χ2n) is 8.85. The van der Waals surface area contributed by atoms with Crippen LogP contribution in [0.3, 0.4) is 0 Å². The summed E-state index contributed by atoms with van der Waals surface area (Å²) in [7, 11) is 0. The molecule has 2 aromatic carbocycles. The molecule has 0 aliphatic heterocycles. The predicted molar refractivity (Wildman–Crippen MR) is 132 cm³/mol. The number of hydrogen-bond acceptors (Lipinski definition) is 4. The largest absolute Gasteiger partial charge is 0.332 e. The van der Waals surface area contributed by atoms with Crippen LogP contribution in [-0.2, 0) is 6.42 Å². The first kappa shape index (κ1) is 23.6. The van der Waals surface area contributed by atoms with Crippen molar-refractivity contribution in [3.8, 4) is 11.4 Å². The van der Waals surface area contributed by atoms with E-state index < -0.39 is 0 Å². The molecule has 1 aliphatic rings. The van der Waals surface area contributed by atoms with Crippen LogP contribution in [0.5, 0.6) is 0 Å². The molecule has 0 saturated heterocycles. The molecule has 0 radical (unpaired) electrons. The molecule has 0 amide bonds. The fourth-order valence-electron chi connectivity index (χ4n) is 3.96. The lowest BCUT2D eigenvalue weighted by atomic mass is 9.84. The van der Waals surface area contributed by atoms with Gasteiger partial charge in [0.2, 0.25) is 5.82 Å². The number of benzene rings is 2. The van der Waals surface area contributed by atoms with Crippen molar-refractivity contribution < 1.29 is 4.52 Å². The van der Waals surface area contributed by atoms with Gasteiger partial charge in [-0.3, -0.25) is 5.41 Å². The van der Waals surface area contributed by atoms with Gasteiger partial charge in [-0.2, -0.15) is 4.98 Å². The summed E-state index contributed by atoms with van der Waals surface area (Å²) in [5.41, 5.74) is 6.39. The summed E-state index contributed by atoms with van der Waals surface area (Å²) in [5, 5.41) is 11.9. The van der Waals surface area contributed by atoms with Crippen molar-refractivity contribution in [2.24, 2.45) is 0 Å². The lowest BCUT2D eigenvalue weighted by molar-refractivity contribution is 0.412. The van der Waals surface area contributed by atoms with E-state index in [1.165, 1.54) is 48.8 Å². The van der Waals surface area contributed by atoms with Gasteiger partial charge in [0.05, 0.1) is 0 Å². The third kappa shape index (κ3) is 6.74. The van der Waals surface area contributed by atoms with Gasteiger partial charge < -0.3 is 4.52 Å². The molecule has 0 unspecified atom stereocenters. The number of nitrogens with one attached hydrogen (secondary N) is 1. The molecule has 4 heteroatoms. The molecule has 1 heterocycles. The fraction of sp³-hybridized carbons (Fsp3) is 0.393. The van der Waals surface area contributed by atoms with E-state index in [9.17, 15) is 0 Å². The predicted octanol–water partition coefficient (Wildman–Crippen LogP) is 7.68. The first-order valence-electron chi connectivity index (χ1n) is 11.7. The van der Waals surface area contributed by atoms with Crippen LogP contribution in [0.15, 0.2) is 64.7 Å². The lowest BCUT2D eigenvalue weighted by Gasteiger charge is -2.21. The molecular weight excluding hydrogens is 394 g/mol. The summed E-state index contributed by atoms with van der Waals surface area (Å²) in [6, 6.07) is 17.1. The Morgan fingerprint density at radius 1 is 1.00 bits per heavy atom. The van der Waals surface area contributed by atoms with Gasteiger partial charge in [-0.15, -0.1) is 0 Å². The number of allylic oxidation sites excluding steroid dienone is 2. The van der Waals surface area contributed by atoms with E-state index in [0.29, 0.717) is 11.7 Å². The maximum Gasteiger partial charge on any atom is 0.276 e. The first-order valence-corrected chi connectivity index (χ1v) is 11.7. The van der Waals surface area contributed by atoms with Crippen LogP contribution in [0, 0.1) is 12.3 Å². The van der Waals surface area contributed by atoms with Gasteiger partial charge >= 0.3 is 0 Å². The molecule has 1 aromatic heterocycles. The molecule has 3 aromatic rings. The minimum absolute atomic E-state index is 0.252. The van der Waals surface area contributed by atoms with Crippen LogP contribution in [0.4, 0.5) is 0 Å². The van der Waals surface area contributed by atoms with Gasteiger partial charge in [0.15, 0.2) is 0 Å². The number of rotatable bonds is 5. The van der Waals surface area contributed by atoms with E-state index in [1.807, 2.05) is 13.8 Å². The lowest BCUT2D eigenvalue weighted by Crippen LogP contribution is -2.04. The Labute approximate surface area is 192 Å². The minimum atomic E-state index is 0.252. The monoisotopic (exact) mass is 429 g/mol. The van der Waals surface area contributed by atoms with Crippen LogP contribution >= 0.6 is 0 Å². The van der Waals surface area contributed by atoms with Crippen molar-refractivity contribution in [2.45, 2.75) is 72.1 Å². The Balaban J connectivity index is 0.000000269. The summed E-state index contributed by atoms with van der Waals surface area (Å²) in [5.74, 6) is 1.50. The first-order chi connectivity index (χ1) is 15.5. The second-order valence-corrected chi connectivity index (χ2v) is 8.85. The number of nitrogens with zero attached hydrogens (tertiary/aromatic N) is 2. The molecule has 1 saturated carbocycles. The van der Waals surface area contributed by atoms with E-state index in [1.54, 1.807) is 6.08 Å². The van der Waals surface area contributed by atoms with Crippen molar-refractivity contribution in [2.75, 3.05) is 0 Å². The van der Waals surface area contributed by atoms with E-state index in [0.717, 1.165) is 17.6 Å². The molecule has 0 spiro atoms. The Morgan fingerprint density at radius 2 is 1.66 bits per heavy atom. The van der Waals surface area contributed by atoms with Crippen molar-refractivity contribution in [1.29, 1.82) is 5.41 Å². The summed E-state index contributed by atoms with van der Waals surface area (Å²) in [6.45, 7) is 8.16. The normalized spacial score (nSPS) is 13.8. The summed E-state index contributed by atoms with van der Waals surface area (Å²) in [4.78, 5) is 4.33. The minimum Gasteiger partial charge on any atom is -0.332 e. The zero-order valence-corrected chi connectivity index (χ0v) is 19.8. The standard InChI is InChI=1S/C19H23N3O.C9H12/c1-13(2)12-17(20)19-21-18(22-23-19)16-10-8-15(9-11-16)14-6-4-3-5-7-14;1-3-9-6-4-8(2)5-7-9/h8-12,14,20H,3-7H2,1-2H3;4-7H,3H2,1-2H3. The summed E-state index contributed by atoms with van der Waals surface area (Å²) >= 11 is 0. The Kier molecular flexibility index (Phi) is 8.55. The van der Waals surface area contributed by atoms with E-state index in [-0.39, 0.29) is 11.6 Å². The third-order valence-electron chi connectivity index (χ3n) is 5.86. The Hall–Kier alpha value is -3.01. The highest BCUT2D eigenvalue weighted by Crippen LogP contribution is 2.33. The second kappa shape index (κ2) is 11.6. The highest BCUT2D eigenvalue weighted by Gasteiger charge is 2.16. The molecular formula is C28H35N3O. The Bertz CT molecular complexity index is 1020. The fourth-order valence-corrected chi connectivity index (χ4v) is 3.96. The van der Waals surface area contributed by atoms with Gasteiger partial charge in [-0.1, -0.05) is 91.0 Å². The van der Waals surface area contributed by atoms with Crippen LogP contribution < -0.4 is 0 Å².